The van der Waals surface area contributed by atoms with E-state index >= 15 is 0 Å². The molecule has 0 radical (unpaired) electrons. The summed E-state index contributed by atoms with van der Waals surface area (Å²) in [6.07, 6.45) is -4.65. The Bertz CT molecular complexity index is 414. The zero-order valence-corrected chi connectivity index (χ0v) is 11.4. The quantitative estimate of drug-likeness (QED) is 0.726. The number of halogens is 3. The van der Waals surface area contributed by atoms with Crippen molar-refractivity contribution in [3.63, 3.8) is 0 Å². The maximum atomic E-state index is 12.3. The summed E-state index contributed by atoms with van der Waals surface area (Å²) >= 11 is 0. The lowest BCUT2D eigenvalue weighted by Crippen LogP contribution is -2.18. The Kier molecular flexibility index (Phi) is 3.99. The van der Waals surface area contributed by atoms with E-state index in [1.807, 2.05) is 40.7 Å². The van der Waals surface area contributed by atoms with Gasteiger partial charge in [-0.3, -0.25) is 0 Å². The second-order valence-corrected chi connectivity index (χ2v) is 5.74. The first kappa shape index (κ1) is 14.9. The van der Waals surface area contributed by atoms with Crippen LogP contribution in [0.1, 0.15) is 51.7 Å². The fourth-order valence-electron chi connectivity index (χ4n) is 1.58. The van der Waals surface area contributed by atoms with Crippen LogP contribution in [-0.2, 0) is 5.41 Å². The van der Waals surface area contributed by atoms with Gasteiger partial charge in [0.25, 0.3) is 0 Å². The molecule has 0 heterocycles. The Hall–Kier alpha value is -1.19. The van der Waals surface area contributed by atoms with Crippen molar-refractivity contribution in [3.05, 3.63) is 29.3 Å². The number of hydrogen-bond donors (Lipinski definition) is 0. The number of rotatable bonds is 2. The highest BCUT2D eigenvalue weighted by Crippen LogP contribution is 2.32. The molecular weight excluding hydrogens is 241 g/mol. The third-order valence-electron chi connectivity index (χ3n) is 2.70. The van der Waals surface area contributed by atoms with Gasteiger partial charge in [0.1, 0.15) is 5.75 Å². The molecule has 0 fully saturated rings. The largest absolute Gasteiger partial charge is 0.573 e. The van der Waals surface area contributed by atoms with E-state index in [1.165, 1.54) is 12.1 Å². The average molecular weight is 260 g/mol. The zero-order valence-electron chi connectivity index (χ0n) is 11.4. The van der Waals surface area contributed by atoms with Crippen molar-refractivity contribution < 1.29 is 17.9 Å². The Balaban J connectivity index is 3.23. The highest BCUT2D eigenvalue weighted by atomic mass is 19.4. The summed E-state index contributed by atoms with van der Waals surface area (Å²) in [6.45, 7) is 9.77. The smallest absolute Gasteiger partial charge is 0.406 e. The first-order valence-electron chi connectivity index (χ1n) is 5.90. The van der Waals surface area contributed by atoms with E-state index in [4.69, 9.17) is 0 Å². The maximum absolute atomic E-state index is 12.3. The third-order valence-corrected chi connectivity index (χ3v) is 2.70. The van der Waals surface area contributed by atoms with Crippen molar-refractivity contribution >= 4 is 0 Å². The summed E-state index contributed by atoms with van der Waals surface area (Å²) in [5.74, 6) is 0.0153. The molecule has 18 heavy (non-hydrogen) atoms. The predicted octanol–water partition coefficient (Wildman–Crippen LogP) is 5.01. The van der Waals surface area contributed by atoms with Crippen molar-refractivity contribution in [2.24, 2.45) is 0 Å². The molecule has 102 valence electrons. The van der Waals surface area contributed by atoms with Crippen molar-refractivity contribution in [2.75, 3.05) is 0 Å². The summed E-state index contributed by atoms with van der Waals surface area (Å²) < 4.78 is 40.9. The number of ether oxygens (including phenoxy) is 1. The molecule has 1 rings (SSSR count). The Morgan fingerprint density at radius 3 is 1.94 bits per heavy atom. The summed E-state index contributed by atoms with van der Waals surface area (Å²) in [7, 11) is 0. The van der Waals surface area contributed by atoms with Crippen LogP contribution in [0.25, 0.3) is 0 Å². The van der Waals surface area contributed by atoms with Crippen molar-refractivity contribution in [3.8, 4) is 5.75 Å². The van der Waals surface area contributed by atoms with Crippen LogP contribution in [0.3, 0.4) is 0 Å². The SMILES string of the molecule is CC(C)c1cc(OC(F)(F)F)cc(C(C)(C)C)c1. The van der Waals surface area contributed by atoms with Gasteiger partial charge >= 0.3 is 6.36 Å². The molecule has 0 unspecified atom stereocenters. The Labute approximate surface area is 106 Å². The fourth-order valence-corrected chi connectivity index (χ4v) is 1.58. The molecule has 0 spiro atoms. The molecule has 0 aliphatic carbocycles. The first-order valence-corrected chi connectivity index (χ1v) is 5.90. The molecule has 1 aromatic rings. The lowest BCUT2D eigenvalue weighted by atomic mass is 9.84. The fraction of sp³-hybridized carbons (Fsp3) is 0.571. The number of benzene rings is 1. The molecule has 0 aliphatic rings. The molecular formula is C14H19F3O. The minimum absolute atomic E-state index is 0.140. The van der Waals surface area contributed by atoms with Crippen molar-refractivity contribution in [1.29, 1.82) is 0 Å². The molecule has 0 saturated carbocycles. The predicted molar refractivity (Wildman–Crippen MR) is 65.9 cm³/mol. The van der Waals surface area contributed by atoms with Crippen LogP contribution in [0.4, 0.5) is 13.2 Å². The Morgan fingerprint density at radius 2 is 1.56 bits per heavy atom. The average Bonchev–Trinajstić information content (AvgIpc) is 2.12. The number of hydrogen-bond acceptors (Lipinski definition) is 1. The normalized spacial score (nSPS) is 12.9. The number of alkyl halides is 3. The Morgan fingerprint density at radius 1 is 1.00 bits per heavy atom. The van der Waals surface area contributed by atoms with Gasteiger partial charge in [-0.25, -0.2) is 0 Å². The molecule has 0 saturated heterocycles. The van der Waals surface area contributed by atoms with Crippen LogP contribution in [0, 0.1) is 0 Å². The standard InChI is InChI=1S/C14H19F3O/c1-9(2)10-6-11(13(3,4)5)8-12(7-10)18-14(15,16)17/h6-9H,1-5H3. The maximum Gasteiger partial charge on any atom is 0.573 e. The molecule has 1 nitrogen and oxygen atoms in total. The molecule has 0 atom stereocenters. The second-order valence-electron chi connectivity index (χ2n) is 5.74. The molecule has 0 aromatic heterocycles. The van der Waals surface area contributed by atoms with E-state index in [-0.39, 0.29) is 17.1 Å². The van der Waals surface area contributed by atoms with Crippen LogP contribution in [0.5, 0.6) is 5.75 Å². The minimum atomic E-state index is -4.65. The highest BCUT2D eigenvalue weighted by Gasteiger charge is 2.31. The zero-order chi connectivity index (χ0) is 14.1. The van der Waals surface area contributed by atoms with Crippen LogP contribution in [0.15, 0.2) is 18.2 Å². The van der Waals surface area contributed by atoms with Gasteiger partial charge in [-0.1, -0.05) is 40.7 Å². The van der Waals surface area contributed by atoms with E-state index in [0.717, 1.165) is 11.1 Å². The van der Waals surface area contributed by atoms with Crippen LogP contribution < -0.4 is 4.74 Å². The van der Waals surface area contributed by atoms with Crippen LogP contribution >= 0.6 is 0 Å². The molecule has 4 heteroatoms. The monoisotopic (exact) mass is 260 g/mol. The van der Waals surface area contributed by atoms with Gasteiger partial charge < -0.3 is 4.74 Å². The second kappa shape index (κ2) is 4.82. The first-order chi connectivity index (χ1) is 7.99. The van der Waals surface area contributed by atoms with Crippen molar-refractivity contribution in [1.82, 2.24) is 0 Å². The summed E-state index contributed by atoms with van der Waals surface area (Å²) in [4.78, 5) is 0. The molecule has 1 aromatic carbocycles. The van der Waals surface area contributed by atoms with Gasteiger partial charge in [0.2, 0.25) is 0 Å². The van der Waals surface area contributed by atoms with Gasteiger partial charge in [-0.05, 0) is 34.6 Å². The topological polar surface area (TPSA) is 9.23 Å². The van der Waals surface area contributed by atoms with Gasteiger partial charge in [-0.2, -0.15) is 0 Å². The van der Waals surface area contributed by atoms with Crippen LogP contribution in [-0.4, -0.2) is 6.36 Å². The van der Waals surface area contributed by atoms with Gasteiger partial charge in [0.15, 0.2) is 0 Å². The van der Waals surface area contributed by atoms with E-state index in [0.29, 0.717) is 0 Å². The molecule has 0 bridgehead atoms. The van der Waals surface area contributed by atoms with Gasteiger partial charge in [-0.15, -0.1) is 13.2 Å². The van der Waals surface area contributed by atoms with Gasteiger partial charge in [0.05, 0.1) is 0 Å². The molecule has 0 amide bonds. The molecule has 0 aliphatic heterocycles. The van der Waals surface area contributed by atoms with Crippen LogP contribution in [0.2, 0.25) is 0 Å². The molecule has 0 N–H and O–H groups in total. The van der Waals surface area contributed by atoms with Crippen molar-refractivity contribution in [2.45, 2.75) is 52.3 Å². The minimum Gasteiger partial charge on any atom is -0.406 e. The highest BCUT2D eigenvalue weighted by molar-refractivity contribution is 5.39. The lowest BCUT2D eigenvalue weighted by molar-refractivity contribution is -0.274. The van der Waals surface area contributed by atoms with Gasteiger partial charge in [0, 0.05) is 0 Å². The summed E-state index contributed by atoms with van der Waals surface area (Å²) in [6, 6.07) is 4.85. The van der Waals surface area contributed by atoms with E-state index < -0.39 is 6.36 Å². The van der Waals surface area contributed by atoms with E-state index in [9.17, 15) is 13.2 Å². The summed E-state index contributed by atoms with van der Waals surface area (Å²) in [5.41, 5.74) is 1.48. The summed E-state index contributed by atoms with van der Waals surface area (Å²) in [5, 5.41) is 0. The van der Waals surface area contributed by atoms with E-state index in [1.54, 1.807) is 0 Å². The van der Waals surface area contributed by atoms with E-state index in [2.05, 4.69) is 4.74 Å². The third kappa shape index (κ3) is 4.24. The lowest BCUT2D eigenvalue weighted by Gasteiger charge is -2.22.